The molecule has 1 aromatic carbocycles. The Morgan fingerprint density at radius 3 is 3.00 bits per heavy atom. The summed E-state index contributed by atoms with van der Waals surface area (Å²) in [5.41, 5.74) is 1.06. The van der Waals surface area contributed by atoms with Crippen LogP contribution < -0.4 is 5.32 Å². The van der Waals surface area contributed by atoms with E-state index >= 15 is 0 Å². The zero-order chi connectivity index (χ0) is 13.2. The third-order valence-corrected chi connectivity index (χ3v) is 3.78. The first-order valence-electron chi connectivity index (χ1n) is 6.01. The van der Waals surface area contributed by atoms with Gasteiger partial charge in [-0.15, -0.1) is 11.3 Å². The molecule has 0 aliphatic carbocycles. The third kappa shape index (κ3) is 2.24. The maximum Gasteiger partial charge on any atom is 0.248 e. The van der Waals surface area contributed by atoms with Crippen molar-refractivity contribution in [2.45, 2.75) is 13.0 Å². The summed E-state index contributed by atoms with van der Waals surface area (Å²) in [5.74, 6) is -0.0590. The van der Waals surface area contributed by atoms with Crippen molar-refractivity contribution in [2.24, 2.45) is 0 Å². The molecule has 19 heavy (non-hydrogen) atoms. The minimum Gasteiger partial charge on any atom is -0.335 e. The van der Waals surface area contributed by atoms with E-state index < -0.39 is 0 Å². The van der Waals surface area contributed by atoms with E-state index in [0.717, 1.165) is 10.9 Å². The molecule has 0 saturated carbocycles. The van der Waals surface area contributed by atoms with Crippen molar-refractivity contribution < 1.29 is 4.79 Å². The van der Waals surface area contributed by atoms with E-state index in [2.05, 4.69) is 10.3 Å². The number of fused-ring (bicyclic) bond motifs is 1. The number of nitrogens with one attached hydrogen (secondary N) is 1. The molecule has 0 bridgehead atoms. The highest BCUT2D eigenvalue weighted by molar-refractivity contribution is 7.13. The first-order chi connectivity index (χ1) is 9.25. The number of nitrogens with zero attached hydrogens (tertiary/aromatic N) is 2. The molecule has 0 saturated heterocycles. The molecule has 4 nitrogen and oxygen atoms in total. The zero-order valence-corrected chi connectivity index (χ0v) is 11.2. The van der Waals surface area contributed by atoms with Crippen LogP contribution >= 0.6 is 11.3 Å². The molecule has 1 amide bonds. The van der Waals surface area contributed by atoms with Crippen molar-refractivity contribution in [1.29, 1.82) is 0 Å². The summed E-state index contributed by atoms with van der Waals surface area (Å²) in [7, 11) is 0. The van der Waals surface area contributed by atoms with Gasteiger partial charge in [0.05, 0.1) is 0 Å². The Hall–Kier alpha value is -2.14. The highest BCUT2D eigenvalue weighted by atomic mass is 32.1. The molecule has 0 fully saturated rings. The van der Waals surface area contributed by atoms with Gasteiger partial charge in [-0.25, -0.2) is 4.98 Å². The molecule has 5 heteroatoms. The van der Waals surface area contributed by atoms with Crippen LogP contribution in [0.2, 0.25) is 0 Å². The van der Waals surface area contributed by atoms with Gasteiger partial charge in [0.25, 0.3) is 0 Å². The van der Waals surface area contributed by atoms with Crippen LogP contribution in [0.5, 0.6) is 0 Å². The fourth-order valence-corrected chi connectivity index (χ4v) is 2.60. The molecular formula is C14H13N3OS. The minimum atomic E-state index is -0.274. The van der Waals surface area contributed by atoms with Gasteiger partial charge in [0, 0.05) is 23.3 Å². The van der Waals surface area contributed by atoms with E-state index in [4.69, 9.17) is 0 Å². The molecule has 3 aromatic rings. The highest BCUT2D eigenvalue weighted by Crippen LogP contribution is 2.21. The largest absolute Gasteiger partial charge is 0.335 e. The number of benzene rings is 1. The fourth-order valence-electron chi connectivity index (χ4n) is 2.06. The van der Waals surface area contributed by atoms with E-state index in [1.165, 1.54) is 11.3 Å². The van der Waals surface area contributed by atoms with E-state index in [1.807, 2.05) is 53.4 Å². The van der Waals surface area contributed by atoms with Crippen molar-refractivity contribution in [2.75, 3.05) is 5.32 Å². The molecule has 1 N–H and O–H groups in total. The Balaban J connectivity index is 1.87. The smallest absolute Gasteiger partial charge is 0.248 e. The van der Waals surface area contributed by atoms with Gasteiger partial charge in [0.15, 0.2) is 5.13 Å². The minimum absolute atomic E-state index is 0.0590. The second kappa shape index (κ2) is 4.85. The summed E-state index contributed by atoms with van der Waals surface area (Å²) in [5, 5.41) is 6.43. The Morgan fingerprint density at radius 2 is 2.21 bits per heavy atom. The number of thiazole rings is 1. The number of carbonyl (C=O) groups is 1. The number of hydrogen-bond donors (Lipinski definition) is 1. The fraction of sp³-hybridized carbons (Fsp3) is 0.143. The molecule has 0 aliphatic heterocycles. The summed E-state index contributed by atoms with van der Waals surface area (Å²) < 4.78 is 1.97. The van der Waals surface area contributed by atoms with E-state index in [1.54, 1.807) is 6.20 Å². The van der Waals surface area contributed by atoms with Gasteiger partial charge in [-0.1, -0.05) is 18.2 Å². The molecular weight excluding hydrogens is 258 g/mol. The first-order valence-corrected chi connectivity index (χ1v) is 6.89. The summed E-state index contributed by atoms with van der Waals surface area (Å²) in [6.45, 7) is 1.88. The predicted molar refractivity (Wildman–Crippen MR) is 77.4 cm³/mol. The van der Waals surface area contributed by atoms with Gasteiger partial charge in [-0.05, 0) is 24.4 Å². The summed E-state index contributed by atoms with van der Waals surface area (Å²) in [6.07, 6.45) is 3.62. The van der Waals surface area contributed by atoms with Gasteiger partial charge >= 0.3 is 0 Å². The molecule has 0 spiro atoms. The Kier molecular flexibility index (Phi) is 3.05. The second-order valence-electron chi connectivity index (χ2n) is 4.28. The molecule has 2 heterocycles. The number of para-hydroxylation sites is 1. The lowest BCUT2D eigenvalue weighted by molar-refractivity contribution is -0.118. The third-order valence-electron chi connectivity index (χ3n) is 3.09. The maximum atomic E-state index is 12.2. The number of carbonyl (C=O) groups excluding carboxylic acids is 1. The summed E-state index contributed by atoms with van der Waals surface area (Å²) in [6, 6.07) is 9.77. The number of anilines is 1. The number of amides is 1. The molecule has 0 aliphatic rings. The second-order valence-corrected chi connectivity index (χ2v) is 5.18. The lowest BCUT2D eigenvalue weighted by Crippen LogP contribution is -2.23. The van der Waals surface area contributed by atoms with Crippen LogP contribution in [0.15, 0.2) is 48.1 Å². The van der Waals surface area contributed by atoms with Gasteiger partial charge in [0.2, 0.25) is 5.91 Å². The highest BCUT2D eigenvalue weighted by Gasteiger charge is 2.17. The van der Waals surface area contributed by atoms with Crippen LogP contribution in [0, 0.1) is 0 Å². The van der Waals surface area contributed by atoms with Gasteiger partial charge in [-0.3, -0.25) is 4.79 Å². The van der Waals surface area contributed by atoms with Crippen LogP contribution in [0.3, 0.4) is 0 Å². The van der Waals surface area contributed by atoms with Crippen LogP contribution in [0.4, 0.5) is 5.13 Å². The monoisotopic (exact) mass is 271 g/mol. The van der Waals surface area contributed by atoms with E-state index in [9.17, 15) is 4.79 Å². The molecule has 0 radical (unpaired) electrons. The molecule has 3 rings (SSSR count). The van der Waals surface area contributed by atoms with Crippen molar-refractivity contribution in [3.8, 4) is 0 Å². The van der Waals surface area contributed by atoms with Crippen molar-refractivity contribution in [3.63, 3.8) is 0 Å². The SMILES string of the molecule is C[C@@H](C(=O)Nc1nccs1)n1ccc2ccccc21. The molecule has 2 aromatic heterocycles. The van der Waals surface area contributed by atoms with Gasteiger partial charge in [-0.2, -0.15) is 0 Å². The lowest BCUT2D eigenvalue weighted by atomic mass is 10.2. The normalized spacial score (nSPS) is 12.5. The van der Waals surface area contributed by atoms with Crippen molar-refractivity contribution in [3.05, 3.63) is 48.1 Å². The van der Waals surface area contributed by atoms with Crippen molar-refractivity contribution in [1.82, 2.24) is 9.55 Å². The average molecular weight is 271 g/mol. The van der Waals surface area contributed by atoms with Crippen molar-refractivity contribution >= 4 is 33.3 Å². The molecule has 0 unspecified atom stereocenters. The van der Waals surface area contributed by atoms with E-state index in [-0.39, 0.29) is 11.9 Å². The lowest BCUT2D eigenvalue weighted by Gasteiger charge is -2.14. The number of rotatable bonds is 3. The van der Waals surface area contributed by atoms with Crippen LogP contribution in [-0.4, -0.2) is 15.5 Å². The van der Waals surface area contributed by atoms with Crippen LogP contribution in [0.1, 0.15) is 13.0 Å². The molecule has 96 valence electrons. The topological polar surface area (TPSA) is 46.9 Å². The maximum absolute atomic E-state index is 12.2. The zero-order valence-electron chi connectivity index (χ0n) is 10.4. The predicted octanol–water partition coefficient (Wildman–Crippen LogP) is 3.30. The summed E-state index contributed by atoms with van der Waals surface area (Å²) >= 11 is 1.42. The number of aromatic nitrogens is 2. The molecule has 1 atom stereocenters. The Labute approximate surface area is 114 Å². The number of hydrogen-bond acceptors (Lipinski definition) is 3. The summed E-state index contributed by atoms with van der Waals surface area (Å²) in [4.78, 5) is 16.2. The van der Waals surface area contributed by atoms with Gasteiger partial charge < -0.3 is 9.88 Å². The van der Waals surface area contributed by atoms with Crippen LogP contribution in [-0.2, 0) is 4.79 Å². The Bertz CT molecular complexity index is 702. The van der Waals surface area contributed by atoms with Crippen LogP contribution in [0.25, 0.3) is 10.9 Å². The van der Waals surface area contributed by atoms with Gasteiger partial charge in [0.1, 0.15) is 6.04 Å². The quantitative estimate of drug-likeness (QED) is 0.794. The first kappa shape index (κ1) is 11.9. The average Bonchev–Trinajstić information content (AvgIpc) is 3.06. The standard InChI is InChI=1S/C14H13N3OS/c1-10(13(18)16-14-15-7-9-19-14)17-8-6-11-4-2-3-5-12(11)17/h2-10H,1H3,(H,15,16,18)/t10-/m0/s1. The van der Waals surface area contributed by atoms with E-state index in [0.29, 0.717) is 5.13 Å². The Morgan fingerprint density at radius 1 is 1.37 bits per heavy atom.